The lowest BCUT2D eigenvalue weighted by Crippen LogP contribution is -2.32. The van der Waals surface area contributed by atoms with Gasteiger partial charge in [0.05, 0.1) is 6.61 Å². The molecule has 3 heteroatoms. The summed E-state index contributed by atoms with van der Waals surface area (Å²) in [6.07, 6.45) is 8.39. The van der Waals surface area contributed by atoms with Crippen LogP contribution in [0.1, 0.15) is 70.3 Å². The average molecular weight is 322 g/mol. The van der Waals surface area contributed by atoms with Crippen molar-refractivity contribution >= 4 is 0 Å². The molecule has 3 rings (SSSR count). The highest BCUT2D eigenvalue weighted by Gasteiger charge is 2.36. The number of hydrogen-bond acceptors (Lipinski definition) is 1. The summed E-state index contributed by atoms with van der Waals surface area (Å²) >= 11 is 0. The standard InChI is InChI=1S/C20H28F2O/c1-3-13-11-16(12-13)14-5-7-15(8-6-14)17-9-10-18(23-4-2)20(22)19(17)21/h9-10,13-16H,3-8,11-12H2,1-2H3. The molecule has 0 N–H and O–H groups in total. The van der Waals surface area contributed by atoms with Crippen molar-refractivity contribution in [3.8, 4) is 5.75 Å². The third-order valence-corrected chi connectivity index (χ3v) is 6.10. The van der Waals surface area contributed by atoms with E-state index in [4.69, 9.17) is 4.74 Å². The Kier molecular flexibility index (Phi) is 5.23. The van der Waals surface area contributed by atoms with Gasteiger partial charge in [-0.2, -0.15) is 4.39 Å². The fourth-order valence-corrected chi connectivity index (χ4v) is 4.54. The minimum Gasteiger partial charge on any atom is -0.491 e. The van der Waals surface area contributed by atoms with Gasteiger partial charge in [-0.3, -0.25) is 0 Å². The molecule has 0 radical (unpaired) electrons. The van der Waals surface area contributed by atoms with Crippen molar-refractivity contribution < 1.29 is 13.5 Å². The second kappa shape index (κ2) is 7.19. The minimum atomic E-state index is -0.823. The molecule has 128 valence electrons. The van der Waals surface area contributed by atoms with E-state index in [1.54, 1.807) is 19.1 Å². The molecule has 0 bridgehead atoms. The van der Waals surface area contributed by atoms with Crippen LogP contribution in [0, 0.1) is 29.4 Å². The van der Waals surface area contributed by atoms with Gasteiger partial charge in [-0.15, -0.1) is 0 Å². The Bertz CT molecular complexity index is 529. The molecular weight excluding hydrogens is 294 g/mol. The fraction of sp³-hybridized carbons (Fsp3) is 0.700. The van der Waals surface area contributed by atoms with Gasteiger partial charge in [0.1, 0.15) is 0 Å². The molecule has 1 nitrogen and oxygen atoms in total. The summed E-state index contributed by atoms with van der Waals surface area (Å²) in [4.78, 5) is 0. The third kappa shape index (κ3) is 3.39. The van der Waals surface area contributed by atoms with Crippen molar-refractivity contribution in [3.63, 3.8) is 0 Å². The summed E-state index contributed by atoms with van der Waals surface area (Å²) in [5, 5.41) is 0. The summed E-state index contributed by atoms with van der Waals surface area (Å²) in [5.41, 5.74) is 0.546. The van der Waals surface area contributed by atoms with Crippen LogP contribution in [0.5, 0.6) is 5.75 Å². The fourth-order valence-electron chi connectivity index (χ4n) is 4.54. The monoisotopic (exact) mass is 322 g/mol. The Balaban J connectivity index is 1.60. The van der Waals surface area contributed by atoms with Gasteiger partial charge >= 0.3 is 0 Å². The molecule has 2 saturated carbocycles. The first kappa shape index (κ1) is 16.7. The van der Waals surface area contributed by atoms with E-state index in [9.17, 15) is 8.78 Å². The molecule has 0 spiro atoms. The minimum absolute atomic E-state index is 0.0301. The van der Waals surface area contributed by atoms with E-state index in [0.717, 1.165) is 30.6 Å². The summed E-state index contributed by atoms with van der Waals surface area (Å²) in [6, 6.07) is 3.31. The molecule has 0 saturated heterocycles. The second-order valence-electron chi connectivity index (χ2n) is 7.33. The molecule has 0 amide bonds. The molecular formula is C20H28F2O. The average Bonchev–Trinajstić information content (AvgIpc) is 2.52. The lowest BCUT2D eigenvalue weighted by atomic mass is 9.62. The normalized spacial score (nSPS) is 30.8. The van der Waals surface area contributed by atoms with Crippen LogP contribution in [-0.2, 0) is 0 Å². The van der Waals surface area contributed by atoms with Crippen LogP contribution in [0.3, 0.4) is 0 Å². The van der Waals surface area contributed by atoms with Gasteiger partial charge in [-0.05, 0) is 80.8 Å². The van der Waals surface area contributed by atoms with Gasteiger partial charge in [0, 0.05) is 0 Å². The SMILES string of the molecule is CCOc1ccc(C2CCC(C3CC(CC)C3)CC2)c(F)c1F. The van der Waals surface area contributed by atoms with Crippen LogP contribution in [0.2, 0.25) is 0 Å². The highest BCUT2D eigenvalue weighted by atomic mass is 19.2. The van der Waals surface area contributed by atoms with Crippen molar-refractivity contribution in [2.75, 3.05) is 6.61 Å². The van der Waals surface area contributed by atoms with E-state index < -0.39 is 11.6 Å². The Hall–Kier alpha value is -1.12. The van der Waals surface area contributed by atoms with Crippen molar-refractivity contribution in [2.45, 2.75) is 64.7 Å². The number of ether oxygens (including phenoxy) is 1. The van der Waals surface area contributed by atoms with Gasteiger partial charge in [-0.1, -0.05) is 19.4 Å². The molecule has 0 aliphatic heterocycles. The van der Waals surface area contributed by atoms with Gasteiger partial charge in [0.2, 0.25) is 5.82 Å². The van der Waals surface area contributed by atoms with E-state index in [-0.39, 0.29) is 11.7 Å². The largest absolute Gasteiger partial charge is 0.491 e. The molecule has 0 atom stereocenters. The highest BCUT2D eigenvalue weighted by Crippen LogP contribution is 2.48. The Morgan fingerprint density at radius 1 is 0.957 bits per heavy atom. The lowest BCUT2D eigenvalue weighted by molar-refractivity contribution is 0.0907. The Morgan fingerprint density at radius 2 is 1.65 bits per heavy atom. The molecule has 1 aromatic carbocycles. The molecule has 0 heterocycles. The molecule has 2 fully saturated rings. The predicted octanol–water partition coefficient (Wildman–Crippen LogP) is 6.07. The first-order valence-corrected chi connectivity index (χ1v) is 9.24. The van der Waals surface area contributed by atoms with Crippen LogP contribution < -0.4 is 4.74 Å². The van der Waals surface area contributed by atoms with E-state index in [1.165, 1.54) is 32.1 Å². The van der Waals surface area contributed by atoms with Crippen LogP contribution in [-0.4, -0.2) is 6.61 Å². The zero-order valence-corrected chi connectivity index (χ0v) is 14.3. The van der Waals surface area contributed by atoms with E-state index >= 15 is 0 Å². The maximum absolute atomic E-state index is 14.3. The molecule has 1 aromatic rings. The summed E-state index contributed by atoms with van der Waals surface area (Å²) in [6.45, 7) is 4.40. The van der Waals surface area contributed by atoms with Crippen LogP contribution in [0.4, 0.5) is 8.78 Å². The maximum Gasteiger partial charge on any atom is 0.200 e. The van der Waals surface area contributed by atoms with Crippen molar-refractivity contribution in [3.05, 3.63) is 29.3 Å². The molecule has 2 aliphatic carbocycles. The smallest absolute Gasteiger partial charge is 0.200 e. The lowest BCUT2D eigenvalue weighted by Gasteiger charge is -2.43. The predicted molar refractivity (Wildman–Crippen MR) is 88.7 cm³/mol. The molecule has 2 aliphatic rings. The Labute approximate surface area is 138 Å². The summed E-state index contributed by atoms with van der Waals surface area (Å²) in [7, 11) is 0. The van der Waals surface area contributed by atoms with Crippen molar-refractivity contribution in [1.82, 2.24) is 0 Å². The second-order valence-corrected chi connectivity index (χ2v) is 7.33. The van der Waals surface area contributed by atoms with Crippen LogP contribution in [0.25, 0.3) is 0 Å². The first-order valence-electron chi connectivity index (χ1n) is 9.24. The van der Waals surface area contributed by atoms with Crippen molar-refractivity contribution in [1.29, 1.82) is 0 Å². The highest BCUT2D eigenvalue weighted by molar-refractivity contribution is 5.33. The molecule has 0 aromatic heterocycles. The number of rotatable bonds is 5. The number of benzene rings is 1. The first-order chi connectivity index (χ1) is 11.1. The van der Waals surface area contributed by atoms with Gasteiger partial charge in [0.15, 0.2) is 11.6 Å². The zero-order chi connectivity index (χ0) is 16.4. The van der Waals surface area contributed by atoms with Crippen LogP contribution >= 0.6 is 0 Å². The van der Waals surface area contributed by atoms with E-state index in [2.05, 4.69) is 6.92 Å². The van der Waals surface area contributed by atoms with Crippen LogP contribution in [0.15, 0.2) is 12.1 Å². The topological polar surface area (TPSA) is 9.23 Å². The summed E-state index contributed by atoms with van der Waals surface area (Å²) < 4.78 is 33.5. The van der Waals surface area contributed by atoms with E-state index in [1.807, 2.05) is 0 Å². The van der Waals surface area contributed by atoms with E-state index in [0.29, 0.717) is 12.2 Å². The number of halogens is 2. The zero-order valence-electron chi connectivity index (χ0n) is 14.3. The maximum atomic E-state index is 14.3. The van der Waals surface area contributed by atoms with Gasteiger partial charge in [-0.25, -0.2) is 4.39 Å². The van der Waals surface area contributed by atoms with Gasteiger partial charge < -0.3 is 4.74 Å². The van der Waals surface area contributed by atoms with Crippen molar-refractivity contribution in [2.24, 2.45) is 17.8 Å². The quantitative estimate of drug-likeness (QED) is 0.639. The molecule has 0 unspecified atom stereocenters. The van der Waals surface area contributed by atoms with Gasteiger partial charge in [0.25, 0.3) is 0 Å². The number of hydrogen-bond donors (Lipinski definition) is 0. The molecule has 23 heavy (non-hydrogen) atoms. The third-order valence-electron chi connectivity index (χ3n) is 6.10. The Morgan fingerprint density at radius 3 is 2.26 bits per heavy atom. The summed E-state index contributed by atoms with van der Waals surface area (Å²) in [5.74, 6) is 1.31.